The van der Waals surface area contributed by atoms with E-state index in [4.69, 9.17) is 0 Å². The average molecular weight is 307 g/mol. The van der Waals surface area contributed by atoms with Gasteiger partial charge in [0.05, 0.1) is 0 Å². The quantitative estimate of drug-likeness (QED) is 0.477. The molecule has 0 aromatic heterocycles. The molecule has 0 saturated heterocycles. The van der Waals surface area contributed by atoms with Crippen molar-refractivity contribution in [3.63, 3.8) is 0 Å². The van der Waals surface area contributed by atoms with Crippen LogP contribution in [0.1, 0.15) is 105 Å². The first kappa shape index (κ1) is 18.3. The molecule has 2 unspecified atom stereocenters. The molecule has 0 bridgehead atoms. The summed E-state index contributed by atoms with van der Waals surface area (Å²) < 4.78 is 0. The van der Waals surface area contributed by atoms with Gasteiger partial charge in [0, 0.05) is 0 Å². The Labute approximate surface area is 140 Å². The van der Waals surface area contributed by atoms with Crippen LogP contribution < -0.4 is 0 Å². The normalized spacial score (nSPS) is 26.3. The van der Waals surface area contributed by atoms with E-state index < -0.39 is 0 Å². The topological polar surface area (TPSA) is 0 Å². The lowest BCUT2D eigenvalue weighted by Crippen LogP contribution is -2.44. The molecule has 0 aliphatic heterocycles. The van der Waals surface area contributed by atoms with Gasteiger partial charge >= 0.3 is 0 Å². The molecule has 2 aliphatic carbocycles. The summed E-state index contributed by atoms with van der Waals surface area (Å²) in [5.74, 6) is 4.61. The third kappa shape index (κ3) is 4.09. The van der Waals surface area contributed by atoms with Gasteiger partial charge in [-0.25, -0.2) is 0 Å². The smallest absolute Gasteiger partial charge is 0.0244 e. The Hall–Kier alpha value is 0. The fraction of sp³-hybridized carbons (Fsp3) is 1.00. The Morgan fingerprint density at radius 1 is 0.773 bits per heavy atom. The lowest BCUT2D eigenvalue weighted by Gasteiger charge is -2.51. The first-order valence-electron chi connectivity index (χ1n) is 10.5. The van der Waals surface area contributed by atoms with Crippen LogP contribution in [0.5, 0.6) is 0 Å². The van der Waals surface area contributed by atoms with Crippen molar-refractivity contribution in [1.29, 1.82) is 0 Å². The molecule has 0 spiro atoms. The van der Waals surface area contributed by atoms with Gasteiger partial charge in [0.15, 0.2) is 0 Å². The van der Waals surface area contributed by atoms with Crippen LogP contribution in [0.4, 0.5) is 0 Å². The minimum atomic E-state index is 0.562. The summed E-state index contributed by atoms with van der Waals surface area (Å²) in [6, 6.07) is 0. The molecule has 0 heterocycles. The summed E-state index contributed by atoms with van der Waals surface area (Å²) in [6.07, 6.45) is 16.5. The zero-order chi connectivity index (χ0) is 16.2. The maximum atomic E-state index is 2.68. The Morgan fingerprint density at radius 2 is 1.27 bits per heavy atom. The summed E-state index contributed by atoms with van der Waals surface area (Å²) in [5, 5.41) is 0. The number of hydrogen-bond donors (Lipinski definition) is 0. The van der Waals surface area contributed by atoms with Crippen LogP contribution in [0, 0.1) is 35.0 Å². The van der Waals surface area contributed by atoms with Gasteiger partial charge in [0.2, 0.25) is 0 Å². The van der Waals surface area contributed by atoms with Crippen LogP contribution in [0.2, 0.25) is 0 Å². The van der Waals surface area contributed by atoms with Crippen molar-refractivity contribution in [3.05, 3.63) is 0 Å². The summed E-state index contributed by atoms with van der Waals surface area (Å²) >= 11 is 0. The van der Waals surface area contributed by atoms with Gasteiger partial charge in [-0.15, -0.1) is 0 Å². The van der Waals surface area contributed by atoms with E-state index in [0.717, 1.165) is 29.6 Å². The minimum Gasteiger partial charge on any atom is -0.0625 e. The van der Waals surface area contributed by atoms with E-state index in [0.29, 0.717) is 5.41 Å². The second-order valence-corrected chi connectivity index (χ2v) is 9.45. The van der Waals surface area contributed by atoms with Crippen molar-refractivity contribution < 1.29 is 0 Å². The second-order valence-electron chi connectivity index (χ2n) is 9.45. The van der Waals surface area contributed by atoms with Crippen molar-refractivity contribution in [2.24, 2.45) is 35.0 Å². The van der Waals surface area contributed by atoms with Gasteiger partial charge in [-0.1, -0.05) is 86.0 Å². The molecule has 2 atom stereocenters. The van der Waals surface area contributed by atoms with Crippen molar-refractivity contribution in [2.75, 3.05) is 0 Å². The molecular weight excluding hydrogens is 264 g/mol. The van der Waals surface area contributed by atoms with Crippen LogP contribution in [0.15, 0.2) is 0 Å². The molecule has 130 valence electrons. The molecule has 22 heavy (non-hydrogen) atoms. The highest BCUT2D eigenvalue weighted by Gasteiger charge is 2.45. The molecule has 0 nitrogen and oxygen atoms in total. The highest BCUT2D eigenvalue weighted by atomic mass is 14.5. The molecule has 0 aromatic carbocycles. The lowest BCUT2D eigenvalue weighted by molar-refractivity contribution is -0.0228. The predicted octanol–water partition coefficient (Wildman–Crippen LogP) is 7.47. The molecule has 2 fully saturated rings. The van der Waals surface area contributed by atoms with Gasteiger partial charge < -0.3 is 0 Å². The molecule has 0 aromatic rings. The second kappa shape index (κ2) is 8.20. The monoisotopic (exact) mass is 306 g/mol. The van der Waals surface area contributed by atoms with E-state index in [1.165, 1.54) is 70.6 Å². The molecule has 0 N–H and O–H groups in total. The maximum Gasteiger partial charge on any atom is -0.0244 e. The summed E-state index contributed by atoms with van der Waals surface area (Å²) in [7, 11) is 0. The zero-order valence-corrected chi connectivity index (χ0v) is 16.2. The van der Waals surface area contributed by atoms with Crippen LogP contribution in [0.25, 0.3) is 0 Å². The molecule has 0 heteroatoms. The highest BCUT2D eigenvalue weighted by molar-refractivity contribution is 4.94. The first-order chi connectivity index (χ1) is 10.5. The summed E-state index contributed by atoms with van der Waals surface area (Å²) in [4.78, 5) is 0. The van der Waals surface area contributed by atoms with E-state index >= 15 is 0 Å². The SMILES string of the molecule is CC(C)C(CC1CCCCC1)C(C)(C(C)C)C1CCCCC1. The van der Waals surface area contributed by atoms with Crippen LogP contribution in [-0.4, -0.2) is 0 Å². The average Bonchev–Trinajstić information content (AvgIpc) is 2.53. The third-order valence-corrected chi connectivity index (χ3v) is 7.64. The zero-order valence-electron chi connectivity index (χ0n) is 16.2. The fourth-order valence-corrected chi connectivity index (χ4v) is 5.95. The van der Waals surface area contributed by atoms with Gasteiger partial charge in [-0.2, -0.15) is 0 Å². The molecule has 0 radical (unpaired) electrons. The van der Waals surface area contributed by atoms with E-state index in [-0.39, 0.29) is 0 Å². The molecule has 2 saturated carbocycles. The molecular formula is C22H42. The van der Waals surface area contributed by atoms with Crippen LogP contribution >= 0.6 is 0 Å². The van der Waals surface area contributed by atoms with E-state index in [9.17, 15) is 0 Å². The summed E-state index contributed by atoms with van der Waals surface area (Å²) in [6.45, 7) is 12.7. The standard InChI is InChI=1S/C22H42/c1-17(2)21(16-19-12-8-6-9-13-19)22(5,18(3)4)20-14-10-7-11-15-20/h17-21H,6-16H2,1-5H3. The van der Waals surface area contributed by atoms with Crippen molar-refractivity contribution in [1.82, 2.24) is 0 Å². The van der Waals surface area contributed by atoms with Crippen molar-refractivity contribution in [3.8, 4) is 0 Å². The molecule has 2 aliphatic rings. The van der Waals surface area contributed by atoms with Gasteiger partial charge in [-0.05, 0) is 54.3 Å². The lowest BCUT2D eigenvalue weighted by atomic mass is 9.54. The predicted molar refractivity (Wildman–Crippen MR) is 99.0 cm³/mol. The van der Waals surface area contributed by atoms with Crippen molar-refractivity contribution in [2.45, 2.75) is 105 Å². The van der Waals surface area contributed by atoms with Gasteiger partial charge in [0.1, 0.15) is 0 Å². The Morgan fingerprint density at radius 3 is 1.73 bits per heavy atom. The fourth-order valence-electron chi connectivity index (χ4n) is 5.95. The van der Waals surface area contributed by atoms with E-state index in [1.807, 2.05) is 0 Å². The van der Waals surface area contributed by atoms with Crippen molar-refractivity contribution >= 4 is 0 Å². The van der Waals surface area contributed by atoms with E-state index in [2.05, 4.69) is 34.6 Å². The first-order valence-corrected chi connectivity index (χ1v) is 10.5. The Bertz CT molecular complexity index is 304. The minimum absolute atomic E-state index is 0.562. The number of hydrogen-bond acceptors (Lipinski definition) is 0. The van der Waals surface area contributed by atoms with Gasteiger partial charge in [0.25, 0.3) is 0 Å². The maximum absolute atomic E-state index is 2.68. The third-order valence-electron chi connectivity index (χ3n) is 7.64. The van der Waals surface area contributed by atoms with Crippen LogP contribution in [-0.2, 0) is 0 Å². The molecule has 2 rings (SSSR count). The molecule has 0 amide bonds. The largest absolute Gasteiger partial charge is 0.0625 e. The van der Waals surface area contributed by atoms with Gasteiger partial charge in [-0.3, -0.25) is 0 Å². The Kier molecular flexibility index (Phi) is 6.84. The number of rotatable bonds is 6. The van der Waals surface area contributed by atoms with E-state index in [1.54, 1.807) is 0 Å². The Balaban J connectivity index is 2.16. The highest BCUT2D eigenvalue weighted by Crippen LogP contribution is 2.53. The summed E-state index contributed by atoms with van der Waals surface area (Å²) in [5.41, 5.74) is 0.562. The van der Waals surface area contributed by atoms with Crippen LogP contribution in [0.3, 0.4) is 0 Å².